The third-order valence-corrected chi connectivity index (χ3v) is 2.78. The maximum absolute atomic E-state index is 11.1. The number of nitrogens with one attached hydrogen (secondary N) is 1. The highest BCUT2D eigenvalue weighted by Crippen LogP contribution is 2.16. The van der Waals surface area contributed by atoms with Crippen molar-refractivity contribution in [1.29, 1.82) is 0 Å². The second-order valence-electron chi connectivity index (χ2n) is 5.56. The number of carboxylic acid groups (broad SMARTS) is 1. The Morgan fingerprint density at radius 1 is 1.53 bits per heavy atom. The number of hydrogen-bond acceptors (Lipinski definition) is 4. The average molecular weight is 244 g/mol. The molecule has 0 aliphatic carbocycles. The Hall–Kier alpha value is -0.650. The molecule has 0 saturated carbocycles. The third-order valence-electron chi connectivity index (χ3n) is 2.78. The molecular weight excluding hydrogens is 220 g/mol. The largest absolute Gasteiger partial charge is 0.480 e. The van der Waals surface area contributed by atoms with E-state index in [0.29, 0.717) is 13.2 Å². The predicted octanol–water partition coefficient (Wildman–Crippen LogP) is 0.548. The molecule has 0 aromatic carbocycles. The lowest BCUT2D eigenvalue weighted by atomic mass is 10.1. The smallest absolute Gasteiger partial charge is 0.322 e. The van der Waals surface area contributed by atoms with Gasteiger partial charge in [-0.05, 0) is 13.8 Å². The van der Waals surface area contributed by atoms with Crippen LogP contribution in [0.4, 0.5) is 0 Å². The van der Waals surface area contributed by atoms with E-state index in [2.05, 4.69) is 10.2 Å². The van der Waals surface area contributed by atoms with Gasteiger partial charge >= 0.3 is 5.97 Å². The maximum atomic E-state index is 11.1. The van der Waals surface area contributed by atoms with Crippen molar-refractivity contribution < 1.29 is 14.6 Å². The van der Waals surface area contributed by atoms with Gasteiger partial charge in [-0.15, -0.1) is 0 Å². The molecule has 1 rings (SSSR count). The molecule has 2 N–H and O–H groups in total. The highest BCUT2D eigenvalue weighted by atomic mass is 16.5. The van der Waals surface area contributed by atoms with Gasteiger partial charge in [-0.3, -0.25) is 9.69 Å². The van der Waals surface area contributed by atoms with Crippen molar-refractivity contribution in [3.63, 3.8) is 0 Å². The van der Waals surface area contributed by atoms with Gasteiger partial charge in [-0.25, -0.2) is 0 Å². The van der Waals surface area contributed by atoms with Crippen molar-refractivity contribution in [3.05, 3.63) is 0 Å². The molecule has 17 heavy (non-hydrogen) atoms. The molecule has 5 nitrogen and oxygen atoms in total. The zero-order valence-electron chi connectivity index (χ0n) is 11.2. The van der Waals surface area contributed by atoms with E-state index in [4.69, 9.17) is 9.84 Å². The van der Waals surface area contributed by atoms with Gasteiger partial charge in [-0.1, -0.05) is 13.8 Å². The Bertz CT molecular complexity index is 266. The number of aliphatic carboxylic acids is 1. The van der Waals surface area contributed by atoms with Gasteiger partial charge < -0.3 is 15.2 Å². The van der Waals surface area contributed by atoms with Crippen LogP contribution in [0.15, 0.2) is 0 Å². The van der Waals surface area contributed by atoms with Crippen LogP contribution in [0.5, 0.6) is 0 Å². The maximum Gasteiger partial charge on any atom is 0.322 e. The van der Waals surface area contributed by atoms with Crippen LogP contribution in [0.2, 0.25) is 0 Å². The summed E-state index contributed by atoms with van der Waals surface area (Å²) in [6.45, 7) is 10.7. The number of ether oxygens (including phenoxy) is 1. The molecule has 1 aliphatic heterocycles. The van der Waals surface area contributed by atoms with Gasteiger partial charge in [0.2, 0.25) is 0 Å². The summed E-state index contributed by atoms with van der Waals surface area (Å²) in [5.41, 5.74) is -0.181. The van der Waals surface area contributed by atoms with E-state index in [9.17, 15) is 4.79 Å². The Labute approximate surface area is 103 Å². The SMILES string of the molecule is CC(C)NC(CN1CCOC(C)(C)C1)C(=O)O. The Balaban J connectivity index is 2.52. The van der Waals surface area contributed by atoms with Gasteiger partial charge in [0.1, 0.15) is 6.04 Å². The van der Waals surface area contributed by atoms with Crippen LogP contribution < -0.4 is 5.32 Å². The molecule has 1 aliphatic rings. The second-order valence-corrected chi connectivity index (χ2v) is 5.56. The minimum atomic E-state index is -0.789. The summed E-state index contributed by atoms with van der Waals surface area (Å²) < 4.78 is 5.61. The van der Waals surface area contributed by atoms with Crippen molar-refractivity contribution >= 4 is 5.97 Å². The number of morpholine rings is 1. The van der Waals surface area contributed by atoms with E-state index in [0.717, 1.165) is 13.1 Å². The first-order valence-corrected chi connectivity index (χ1v) is 6.15. The number of nitrogens with zero attached hydrogens (tertiary/aromatic N) is 1. The minimum Gasteiger partial charge on any atom is -0.480 e. The zero-order valence-corrected chi connectivity index (χ0v) is 11.2. The van der Waals surface area contributed by atoms with Gasteiger partial charge in [-0.2, -0.15) is 0 Å². The summed E-state index contributed by atoms with van der Waals surface area (Å²) in [6.07, 6.45) is 0. The number of carbonyl (C=O) groups is 1. The van der Waals surface area contributed by atoms with Crippen molar-refractivity contribution in [2.75, 3.05) is 26.2 Å². The van der Waals surface area contributed by atoms with Crippen LogP contribution >= 0.6 is 0 Å². The Morgan fingerprint density at radius 2 is 2.18 bits per heavy atom. The van der Waals surface area contributed by atoms with E-state index in [1.54, 1.807) is 0 Å². The first-order valence-electron chi connectivity index (χ1n) is 6.15. The molecule has 1 fully saturated rings. The van der Waals surface area contributed by atoms with E-state index in [1.807, 2.05) is 27.7 Å². The van der Waals surface area contributed by atoms with Crippen molar-refractivity contribution in [2.24, 2.45) is 0 Å². The lowest BCUT2D eigenvalue weighted by molar-refractivity contribution is -0.141. The molecule has 0 spiro atoms. The van der Waals surface area contributed by atoms with Gasteiger partial charge in [0.05, 0.1) is 12.2 Å². The number of hydrogen-bond donors (Lipinski definition) is 2. The lowest BCUT2D eigenvalue weighted by Crippen LogP contribution is -2.55. The third kappa shape index (κ3) is 5.02. The van der Waals surface area contributed by atoms with Crippen LogP contribution in [0, 0.1) is 0 Å². The molecule has 0 radical (unpaired) electrons. The molecule has 100 valence electrons. The monoisotopic (exact) mass is 244 g/mol. The van der Waals surface area contributed by atoms with Crippen molar-refractivity contribution in [1.82, 2.24) is 10.2 Å². The normalized spacial score (nSPS) is 22.6. The van der Waals surface area contributed by atoms with Crippen LogP contribution in [-0.2, 0) is 9.53 Å². The average Bonchev–Trinajstić information content (AvgIpc) is 2.14. The molecule has 0 aromatic rings. The lowest BCUT2D eigenvalue weighted by Gasteiger charge is -2.39. The summed E-state index contributed by atoms with van der Waals surface area (Å²) in [4.78, 5) is 13.3. The molecule has 5 heteroatoms. The number of carboxylic acids is 1. The van der Waals surface area contributed by atoms with E-state index >= 15 is 0 Å². The van der Waals surface area contributed by atoms with Crippen molar-refractivity contribution in [3.8, 4) is 0 Å². The molecule has 1 unspecified atom stereocenters. The summed E-state index contributed by atoms with van der Waals surface area (Å²) in [7, 11) is 0. The van der Waals surface area contributed by atoms with Crippen LogP contribution in [0.1, 0.15) is 27.7 Å². The van der Waals surface area contributed by atoms with Crippen LogP contribution in [-0.4, -0.2) is 59.9 Å². The molecule has 1 saturated heterocycles. The Morgan fingerprint density at radius 3 is 2.65 bits per heavy atom. The zero-order chi connectivity index (χ0) is 13.1. The topological polar surface area (TPSA) is 61.8 Å². The predicted molar refractivity (Wildman–Crippen MR) is 66.2 cm³/mol. The molecule has 1 heterocycles. The molecule has 0 amide bonds. The minimum absolute atomic E-state index is 0.171. The quantitative estimate of drug-likeness (QED) is 0.739. The van der Waals surface area contributed by atoms with Gasteiger partial charge in [0.15, 0.2) is 0 Å². The fourth-order valence-electron chi connectivity index (χ4n) is 2.13. The molecule has 1 atom stereocenters. The first-order chi connectivity index (χ1) is 7.80. The van der Waals surface area contributed by atoms with Crippen molar-refractivity contribution in [2.45, 2.75) is 45.4 Å². The van der Waals surface area contributed by atoms with E-state index < -0.39 is 12.0 Å². The molecule has 0 bridgehead atoms. The molecule has 0 aromatic heterocycles. The van der Waals surface area contributed by atoms with Gasteiger partial charge in [0, 0.05) is 25.7 Å². The molecular formula is C12H24N2O3. The Kier molecular flexibility index (Phi) is 4.91. The second kappa shape index (κ2) is 5.80. The highest BCUT2D eigenvalue weighted by molar-refractivity contribution is 5.73. The summed E-state index contributed by atoms with van der Waals surface area (Å²) in [5.74, 6) is -0.789. The highest BCUT2D eigenvalue weighted by Gasteiger charge is 2.30. The summed E-state index contributed by atoms with van der Waals surface area (Å²) in [6, 6.07) is -0.339. The fraction of sp³-hybridized carbons (Fsp3) is 0.917. The van der Waals surface area contributed by atoms with Crippen LogP contribution in [0.3, 0.4) is 0 Å². The fourth-order valence-corrected chi connectivity index (χ4v) is 2.13. The summed E-state index contributed by atoms with van der Waals surface area (Å²) in [5, 5.41) is 12.2. The summed E-state index contributed by atoms with van der Waals surface area (Å²) >= 11 is 0. The van der Waals surface area contributed by atoms with Crippen LogP contribution in [0.25, 0.3) is 0 Å². The standard InChI is InChI=1S/C12H24N2O3/c1-9(2)13-10(11(15)16)7-14-5-6-17-12(3,4)8-14/h9-10,13H,5-8H2,1-4H3,(H,15,16). The van der Waals surface area contributed by atoms with E-state index in [-0.39, 0.29) is 11.6 Å². The first kappa shape index (κ1) is 14.4. The van der Waals surface area contributed by atoms with Gasteiger partial charge in [0.25, 0.3) is 0 Å². The van der Waals surface area contributed by atoms with E-state index in [1.165, 1.54) is 0 Å². The number of rotatable bonds is 5.